The van der Waals surface area contributed by atoms with Gasteiger partial charge in [-0.2, -0.15) is 0 Å². The first-order valence-corrected chi connectivity index (χ1v) is 6.84. The topological polar surface area (TPSA) is 114 Å². The summed E-state index contributed by atoms with van der Waals surface area (Å²) in [6.45, 7) is 2.87. The van der Waals surface area contributed by atoms with Gasteiger partial charge < -0.3 is 25.2 Å². The number of rotatable bonds is 7. The number of carbonyl (C=O) groups excluding carboxylic acids is 2. The number of aliphatic carboxylic acids is 1. The van der Waals surface area contributed by atoms with Crippen molar-refractivity contribution < 1.29 is 29.0 Å². The fraction of sp³-hybridized carbons (Fsp3) is 0.769. The molecule has 1 heterocycles. The average Bonchev–Trinajstić information content (AvgIpc) is 2.87. The van der Waals surface area contributed by atoms with Crippen LogP contribution in [-0.4, -0.2) is 55.0 Å². The molecule has 0 aromatic rings. The number of nitrogens with one attached hydrogen (secondary N) is 2. The number of carboxylic acids is 1. The van der Waals surface area contributed by atoms with Crippen molar-refractivity contribution >= 4 is 18.0 Å². The molecule has 2 amide bonds. The molecule has 8 nitrogen and oxygen atoms in total. The summed E-state index contributed by atoms with van der Waals surface area (Å²) in [7, 11) is 1.22. The van der Waals surface area contributed by atoms with Crippen LogP contribution >= 0.6 is 0 Å². The van der Waals surface area contributed by atoms with Crippen molar-refractivity contribution in [1.29, 1.82) is 0 Å². The lowest BCUT2D eigenvalue weighted by molar-refractivity contribution is -0.142. The minimum Gasteiger partial charge on any atom is -0.480 e. The molecular weight excluding hydrogens is 280 g/mol. The van der Waals surface area contributed by atoms with E-state index in [0.29, 0.717) is 13.2 Å². The molecule has 0 radical (unpaired) electrons. The number of esters is 1. The molecule has 0 saturated carbocycles. The van der Waals surface area contributed by atoms with Gasteiger partial charge in [0, 0.05) is 19.6 Å². The Hall–Kier alpha value is -1.83. The van der Waals surface area contributed by atoms with Crippen LogP contribution in [0.1, 0.15) is 32.6 Å². The predicted molar refractivity (Wildman–Crippen MR) is 72.8 cm³/mol. The van der Waals surface area contributed by atoms with Crippen LogP contribution in [0.3, 0.4) is 0 Å². The molecule has 1 aliphatic heterocycles. The Kier molecular flexibility index (Phi) is 6.41. The summed E-state index contributed by atoms with van der Waals surface area (Å²) in [5, 5.41) is 13.9. The van der Waals surface area contributed by atoms with Gasteiger partial charge in [-0.15, -0.1) is 0 Å². The van der Waals surface area contributed by atoms with E-state index in [2.05, 4.69) is 15.4 Å². The maximum atomic E-state index is 11.7. The highest BCUT2D eigenvalue weighted by Crippen LogP contribution is 2.23. The van der Waals surface area contributed by atoms with Crippen molar-refractivity contribution in [2.24, 2.45) is 0 Å². The van der Waals surface area contributed by atoms with E-state index in [1.165, 1.54) is 7.11 Å². The average molecular weight is 302 g/mol. The summed E-state index contributed by atoms with van der Waals surface area (Å²) in [5.74, 6) is -1.72. The van der Waals surface area contributed by atoms with Crippen LogP contribution in [-0.2, 0) is 19.1 Å². The first-order valence-electron chi connectivity index (χ1n) is 6.84. The van der Waals surface area contributed by atoms with E-state index < -0.39 is 29.6 Å². The smallest absolute Gasteiger partial charge is 0.326 e. The molecule has 120 valence electrons. The van der Waals surface area contributed by atoms with Crippen molar-refractivity contribution in [1.82, 2.24) is 10.6 Å². The molecule has 8 heteroatoms. The molecule has 1 saturated heterocycles. The standard InChI is InChI=1S/C13H22N2O6/c1-13(6-3-7-21-13)8-14-12(19)15-9(11(17)18)4-5-10(16)20-2/h9H,3-8H2,1-2H3,(H,17,18)(H2,14,15,19)/t9-,13?/m1/s1. The Morgan fingerprint density at radius 3 is 2.67 bits per heavy atom. The van der Waals surface area contributed by atoms with Crippen LogP contribution in [0.25, 0.3) is 0 Å². The summed E-state index contributed by atoms with van der Waals surface area (Å²) < 4.78 is 9.95. The number of amides is 2. The first kappa shape index (κ1) is 17.2. The second-order valence-corrected chi connectivity index (χ2v) is 5.23. The van der Waals surface area contributed by atoms with Crippen LogP contribution in [0.4, 0.5) is 4.79 Å². The largest absolute Gasteiger partial charge is 0.480 e. The lowest BCUT2D eigenvalue weighted by Gasteiger charge is -2.24. The van der Waals surface area contributed by atoms with Crippen LogP contribution in [0, 0.1) is 0 Å². The van der Waals surface area contributed by atoms with Gasteiger partial charge in [-0.25, -0.2) is 9.59 Å². The van der Waals surface area contributed by atoms with Crippen molar-refractivity contribution in [3.63, 3.8) is 0 Å². The number of carboxylic acid groups (broad SMARTS) is 1. The van der Waals surface area contributed by atoms with Gasteiger partial charge in [0.05, 0.1) is 12.7 Å². The van der Waals surface area contributed by atoms with Crippen LogP contribution < -0.4 is 10.6 Å². The van der Waals surface area contributed by atoms with E-state index >= 15 is 0 Å². The normalized spacial score (nSPS) is 22.4. The Morgan fingerprint density at radius 1 is 1.43 bits per heavy atom. The third-order valence-corrected chi connectivity index (χ3v) is 3.39. The Labute approximate surface area is 123 Å². The highest BCUT2D eigenvalue weighted by Gasteiger charge is 2.30. The Balaban J connectivity index is 2.37. The van der Waals surface area contributed by atoms with Crippen molar-refractivity contribution in [2.45, 2.75) is 44.2 Å². The maximum absolute atomic E-state index is 11.7. The molecule has 1 unspecified atom stereocenters. The fourth-order valence-electron chi connectivity index (χ4n) is 2.07. The number of carbonyl (C=O) groups is 3. The van der Waals surface area contributed by atoms with Gasteiger partial charge in [0.15, 0.2) is 0 Å². The third-order valence-electron chi connectivity index (χ3n) is 3.39. The lowest BCUT2D eigenvalue weighted by Crippen LogP contribution is -2.49. The van der Waals surface area contributed by atoms with E-state index in [1.807, 2.05) is 6.92 Å². The summed E-state index contributed by atoms with van der Waals surface area (Å²) in [4.78, 5) is 33.8. The molecule has 3 N–H and O–H groups in total. The van der Waals surface area contributed by atoms with Gasteiger partial charge in [-0.3, -0.25) is 4.79 Å². The predicted octanol–water partition coefficient (Wildman–Crippen LogP) is 0.261. The summed E-state index contributed by atoms with van der Waals surface area (Å²) in [5.41, 5.74) is -0.401. The SMILES string of the molecule is COC(=O)CC[C@@H](NC(=O)NCC1(C)CCCO1)C(=O)O. The van der Waals surface area contributed by atoms with Gasteiger partial charge in [0.1, 0.15) is 6.04 Å². The van der Waals surface area contributed by atoms with E-state index in [0.717, 1.165) is 12.8 Å². The van der Waals surface area contributed by atoms with Gasteiger partial charge in [0.2, 0.25) is 0 Å². The Morgan fingerprint density at radius 2 is 2.14 bits per heavy atom. The number of ether oxygens (including phenoxy) is 2. The molecule has 1 aliphatic rings. The van der Waals surface area contributed by atoms with Crippen LogP contribution in [0.5, 0.6) is 0 Å². The van der Waals surface area contributed by atoms with E-state index in [4.69, 9.17) is 9.84 Å². The second kappa shape index (κ2) is 7.82. The molecular formula is C13H22N2O6. The number of hydrogen-bond donors (Lipinski definition) is 3. The molecule has 0 aromatic heterocycles. The monoisotopic (exact) mass is 302 g/mol. The second-order valence-electron chi connectivity index (χ2n) is 5.23. The van der Waals surface area contributed by atoms with Crippen molar-refractivity contribution in [3.05, 3.63) is 0 Å². The van der Waals surface area contributed by atoms with E-state index in [-0.39, 0.29) is 12.8 Å². The highest BCUT2D eigenvalue weighted by atomic mass is 16.5. The zero-order chi connectivity index (χ0) is 15.9. The van der Waals surface area contributed by atoms with Crippen LogP contribution in [0.2, 0.25) is 0 Å². The molecule has 0 spiro atoms. The van der Waals surface area contributed by atoms with Gasteiger partial charge in [-0.05, 0) is 26.2 Å². The summed E-state index contributed by atoms with van der Waals surface area (Å²) in [6.07, 6.45) is 1.69. The number of methoxy groups -OCH3 is 1. The minimum atomic E-state index is -1.20. The zero-order valence-corrected chi connectivity index (χ0v) is 12.3. The molecule has 1 fully saturated rings. The van der Waals surface area contributed by atoms with E-state index in [1.54, 1.807) is 0 Å². The molecule has 0 aromatic carbocycles. The summed E-state index contributed by atoms with van der Waals surface area (Å²) in [6, 6.07) is -1.73. The molecule has 0 bridgehead atoms. The van der Waals surface area contributed by atoms with Gasteiger partial charge >= 0.3 is 18.0 Å². The van der Waals surface area contributed by atoms with Gasteiger partial charge in [0.25, 0.3) is 0 Å². The molecule has 2 atom stereocenters. The quantitative estimate of drug-likeness (QED) is 0.581. The minimum absolute atomic E-state index is 0.0246. The zero-order valence-electron chi connectivity index (χ0n) is 12.3. The van der Waals surface area contributed by atoms with E-state index in [9.17, 15) is 14.4 Å². The first-order chi connectivity index (χ1) is 9.86. The Bertz CT molecular complexity index is 392. The maximum Gasteiger partial charge on any atom is 0.326 e. The molecule has 21 heavy (non-hydrogen) atoms. The van der Waals surface area contributed by atoms with Crippen LogP contribution in [0.15, 0.2) is 0 Å². The number of hydrogen-bond acceptors (Lipinski definition) is 5. The summed E-state index contributed by atoms with van der Waals surface area (Å²) >= 11 is 0. The highest BCUT2D eigenvalue weighted by molar-refractivity contribution is 5.83. The molecule has 0 aliphatic carbocycles. The number of urea groups is 1. The van der Waals surface area contributed by atoms with Crippen molar-refractivity contribution in [2.75, 3.05) is 20.3 Å². The lowest BCUT2D eigenvalue weighted by atomic mass is 10.0. The molecule has 1 rings (SSSR count). The van der Waals surface area contributed by atoms with Crippen molar-refractivity contribution in [3.8, 4) is 0 Å². The third kappa shape index (κ3) is 5.99. The van der Waals surface area contributed by atoms with Gasteiger partial charge in [-0.1, -0.05) is 0 Å². The fourth-order valence-corrected chi connectivity index (χ4v) is 2.07.